The Hall–Kier alpha value is -1.51. The molecule has 1 amide bonds. The molecule has 1 heterocycles. The van der Waals surface area contributed by atoms with Crippen LogP contribution in [0.25, 0.3) is 0 Å². The van der Waals surface area contributed by atoms with Crippen LogP contribution in [0.1, 0.15) is 12.0 Å². The molecular weight excluding hydrogens is 190 g/mol. The lowest BCUT2D eigenvalue weighted by atomic mass is 10.2. The number of benzene rings is 1. The molecule has 0 aromatic heterocycles. The van der Waals surface area contributed by atoms with Gasteiger partial charge in [-0.25, -0.2) is 4.79 Å². The minimum Gasteiger partial charge on any atom is -0.445 e. The van der Waals surface area contributed by atoms with Gasteiger partial charge >= 0.3 is 6.09 Å². The van der Waals surface area contributed by atoms with Crippen molar-refractivity contribution in [2.75, 3.05) is 13.1 Å². The third kappa shape index (κ3) is 2.72. The SMILES string of the molecule is O=C(OCc1ccccc1)N1C[CH]CC1. The van der Waals surface area contributed by atoms with Crippen LogP contribution in [0.15, 0.2) is 30.3 Å². The van der Waals surface area contributed by atoms with E-state index in [-0.39, 0.29) is 6.09 Å². The second kappa shape index (κ2) is 4.82. The standard InChI is InChI=1S/C12H14NO2/c14-12(13-8-4-5-9-13)15-10-11-6-2-1-3-7-11/h1-4,6-7H,5,8-10H2. The minimum absolute atomic E-state index is 0.215. The van der Waals surface area contributed by atoms with Gasteiger partial charge in [0.05, 0.1) is 0 Å². The Kier molecular flexibility index (Phi) is 3.22. The van der Waals surface area contributed by atoms with Gasteiger partial charge in [0.25, 0.3) is 0 Å². The highest BCUT2D eigenvalue weighted by molar-refractivity contribution is 5.68. The van der Waals surface area contributed by atoms with E-state index < -0.39 is 0 Å². The van der Waals surface area contributed by atoms with Gasteiger partial charge in [-0.05, 0) is 18.4 Å². The Labute approximate surface area is 89.7 Å². The van der Waals surface area contributed by atoms with E-state index in [1.54, 1.807) is 4.90 Å². The molecule has 1 aliphatic rings. The Balaban J connectivity index is 1.80. The fourth-order valence-corrected chi connectivity index (χ4v) is 1.56. The summed E-state index contributed by atoms with van der Waals surface area (Å²) < 4.78 is 5.18. The van der Waals surface area contributed by atoms with E-state index in [9.17, 15) is 4.79 Å². The molecule has 1 aliphatic heterocycles. The average molecular weight is 204 g/mol. The van der Waals surface area contributed by atoms with Gasteiger partial charge in [0, 0.05) is 13.1 Å². The molecule has 1 aromatic rings. The zero-order chi connectivity index (χ0) is 10.5. The van der Waals surface area contributed by atoms with E-state index in [2.05, 4.69) is 6.42 Å². The molecule has 1 radical (unpaired) electrons. The average Bonchev–Trinajstić information content (AvgIpc) is 2.81. The third-order valence-corrected chi connectivity index (χ3v) is 2.42. The number of hydrogen-bond acceptors (Lipinski definition) is 2. The highest BCUT2D eigenvalue weighted by atomic mass is 16.6. The Bertz CT molecular complexity index is 318. The first-order chi connectivity index (χ1) is 7.36. The van der Waals surface area contributed by atoms with E-state index in [0.29, 0.717) is 13.2 Å². The van der Waals surface area contributed by atoms with Crippen molar-refractivity contribution in [3.63, 3.8) is 0 Å². The fraction of sp³-hybridized carbons (Fsp3) is 0.333. The van der Waals surface area contributed by atoms with Crippen molar-refractivity contribution in [2.24, 2.45) is 0 Å². The van der Waals surface area contributed by atoms with E-state index in [4.69, 9.17) is 4.74 Å². The van der Waals surface area contributed by atoms with Crippen molar-refractivity contribution in [1.29, 1.82) is 0 Å². The van der Waals surface area contributed by atoms with Crippen molar-refractivity contribution in [1.82, 2.24) is 4.90 Å². The van der Waals surface area contributed by atoms with Crippen molar-refractivity contribution in [2.45, 2.75) is 13.0 Å². The Morgan fingerprint density at radius 1 is 1.33 bits per heavy atom. The van der Waals surface area contributed by atoms with Crippen LogP contribution in [0.5, 0.6) is 0 Å². The summed E-state index contributed by atoms with van der Waals surface area (Å²) in [5.74, 6) is 0. The maximum absolute atomic E-state index is 11.5. The molecular formula is C12H14NO2. The molecule has 0 N–H and O–H groups in total. The molecule has 1 saturated heterocycles. The van der Waals surface area contributed by atoms with Gasteiger partial charge in [0.2, 0.25) is 0 Å². The summed E-state index contributed by atoms with van der Waals surface area (Å²) in [4.78, 5) is 13.2. The molecule has 1 fully saturated rings. The molecule has 1 aromatic carbocycles. The van der Waals surface area contributed by atoms with E-state index >= 15 is 0 Å². The van der Waals surface area contributed by atoms with Gasteiger partial charge in [0.15, 0.2) is 0 Å². The molecule has 0 saturated carbocycles. The lowest BCUT2D eigenvalue weighted by Gasteiger charge is -2.14. The van der Waals surface area contributed by atoms with Crippen LogP contribution in [0.4, 0.5) is 4.79 Å². The van der Waals surface area contributed by atoms with Crippen molar-refractivity contribution in [3.05, 3.63) is 42.3 Å². The number of carbonyl (C=O) groups excluding carboxylic acids is 1. The van der Waals surface area contributed by atoms with E-state index in [0.717, 1.165) is 18.5 Å². The van der Waals surface area contributed by atoms with Crippen LogP contribution in [0, 0.1) is 6.42 Å². The summed E-state index contributed by atoms with van der Waals surface area (Å²) in [6.45, 7) is 1.86. The number of likely N-dealkylation sites (tertiary alicyclic amines) is 1. The minimum atomic E-state index is -0.215. The lowest BCUT2D eigenvalue weighted by Crippen LogP contribution is -2.28. The lowest BCUT2D eigenvalue weighted by molar-refractivity contribution is 0.105. The highest BCUT2D eigenvalue weighted by Crippen LogP contribution is 2.09. The summed E-state index contributed by atoms with van der Waals surface area (Å²) in [6, 6.07) is 9.72. The first-order valence-electron chi connectivity index (χ1n) is 5.13. The maximum Gasteiger partial charge on any atom is 0.410 e. The van der Waals surface area contributed by atoms with Gasteiger partial charge in [-0.1, -0.05) is 30.3 Å². The molecule has 2 rings (SSSR count). The van der Waals surface area contributed by atoms with Crippen LogP contribution < -0.4 is 0 Å². The maximum atomic E-state index is 11.5. The quantitative estimate of drug-likeness (QED) is 0.739. The summed E-state index contributed by atoms with van der Waals surface area (Å²) in [5, 5.41) is 0. The van der Waals surface area contributed by atoms with Crippen molar-refractivity contribution >= 4 is 6.09 Å². The highest BCUT2D eigenvalue weighted by Gasteiger charge is 2.18. The Morgan fingerprint density at radius 3 is 2.80 bits per heavy atom. The molecule has 3 heteroatoms. The molecule has 0 atom stereocenters. The predicted octanol–water partition coefficient (Wildman–Crippen LogP) is 2.23. The number of ether oxygens (including phenoxy) is 1. The first-order valence-corrected chi connectivity index (χ1v) is 5.13. The van der Waals surface area contributed by atoms with Gasteiger partial charge in [0.1, 0.15) is 6.61 Å². The number of nitrogens with zero attached hydrogens (tertiary/aromatic N) is 1. The normalized spacial score (nSPS) is 15.3. The molecule has 0 spiro atoms. The zero-order valence-corrected chi connectivity index (χ0v) is 8.56. The van der Waals surface area contributed by atoms with Gasteiger partial charge < -0.3 is 9.64 Å². The zero-order valence-electron chi connectivity index (χ0n) is 8.56. The fourth-order valence-electron chi connectivity index (χ4n) is 1.56. The molecule has 0 unspecified atom stereocenters. The van der Waals surface area contributed by atoms with Crippen molar-refractivity contribution in [3.8, 4) is 0 Å². The summed E-state index contributed by atoms with van der Waals surface area (Å²) >= 11 is 0. The van der Waals surface area contributed by atoms with Crippen LogP contribution in [-0.2, 0) is 11.3 Å². The third-order valence-electron chi connectivity index (χ3n) is 2.42. The number of carbonyl (C=O) groups is 1. The van der Waals surface area contributed by atoms with Crippen molar-refractivity contribution < 1.29 is 9.53 Å². The van der Waals surface area contributed by atoms with E-state index in [1.807, 2.05) is 30.3 Å². The van der Waals surface area contributed by atoms with Crippen LogP contribution in [0.2, 0.25) is 0 Å². The first kappa shape index (κ1) is 10.0. The number of rotatable bonds is 2. The molecule has 15 heavy (non-hydrogen) atoms. The monoisotopic (exact) mass is 204 g/mol. The van der Waals surface area contributed by atoms with Gasteiger partial charge in [-0.3, -0.25) is 0 Å². The molecule has 0 bridgehead atoms. The second-order valence-corrected chi connectivity index (χ2v) is 3.56. The van der Waals surface area contributed by atoms with Gasteiger partial charge in [-0.15, -0.1) is 0 Å². The van der Waals surface area contributed by atoms with E-state index in [1.165, 1.54) is 0 Å². The summed E-state index contributed by atoms with van der Waals surface area (Å²) in [6.07, 6.45) is 2.84. The molecule has 79 valence electrons. The smallest absolute Gasteiger partial charge is 0.410 e. The van der Waals surface area contributed by atoms with Gasteiger partial charge in [-0.2, -0.15) is 0 Å². The predicted molar refractivity (Wildman–Crippen MR) is 57.1 cm³/mol. The summed E-state index contributed by atoms with van der Waals surface area (Å²) in [5.41, 5.74) is 1.02. The van der Waals surface area contributed by atoms with Crippen LogP contribution in [0.3, 0.4) is 0 Å². The summed E-state index contributed by atoms with van der Waals surface area (Å²) in [7, 11) is 0. The van der Waals surface area contributed by atoms with Crippen LogP contribution in [-0.4, -0.2) is 24.1 Å². The Morgan fingerprint density at radius 2 is 2.13 bits per heavy atom. The largest absolute Gasteiger partial charge is 0.445 e. The molecule has 3 nitrogen and oxygen atoms in total. The second-order valence-electron chi connectivity index (χ2n) is 3.56. The van der Waals surface area contributed by atoms with Crippen LogP contribution >= 0.6 is 0 Å². The molecule has 0 aliphatic carbocycles. The number of hydrogen-bond donors (Lipinski definition) is 0. The topological polar surface area (TPSA) is 29.5 Å². The number of amides is 1.